The van der Waals surface area contributed by atoms with Gasteiger partial charge in [-0.1, -0.05) is 60.2 Å². The summed E-state index contributed by atoms with van der Waals surface area (Å²) in [7, 11) is -3.37. The van der Waals surface area contributed by atoms with Gasteiger partial charge in [-0.25, -0.2) is 12.7 Å². The molecular formula is C23H30N2O4S. The number of rotatable bonds is 9. The van der Waals surface area contributed by atoms with Gasteiger partial charge in [0, 0.05) is 25.6 Å². The van der Waals surface area contributed by atoms with Crippen molar-refractivity contribution < 1.29 is 17.9 Å². The first-order valence-electron chi connectivity index (χ1n) is 10.4. The maximum absolute atomic E-state index is 12.7. The zero-order valence-corrected chi connectivity index (χ0v) is 18.2. The zero-order chi connectivity index (χ0) is 21.4. The number of nitrogens with one attached hydrogen (secondary N) is 1. The Balaban J connectivity index is 1.37. The third-order valence-electron chi connectivity index (χ3n) is 5.31. The fourth-order valence-electron chi connectivity index (χ4n) is 3.65. The first-order valence-corrected chi connectivity index (χ1v) is 12.0. The predicted molar refractivity (Wildman–Crippen MR) is 117 cm³/mol. The molecular weight excluding hydrogens is 400 g/mol. The van der Waals surface area contributed by atoms with Crippen molar-refractivity contribution in [3.63, 3.8) is 0 Å². The van der Waals surface area contributed by atoms with E-state index < -0.39 is 10.0 Å². The molecule has 0 aromatic heterocycles. The van der Waals surface area contributed by atoms with E-state index in [-0.39, 0.29) is 17.6 Å². The summed E-state index contributed by atoms with van der Waals surface area (Å²) in [6, 6.07) is 17.5. The van der Waals surface area contributed by atoms with E-state index in [0.29, 0.717) is 45.7 Å². The summed E-state index contributed by atoms with van der Waals surface area (Å²) in [4.78, 5) is 12.4. The van der Waals surface area contributed by atoms with E-state index in [0.717, 1.165) is 16.7 Å². The Morgan fingerprint density at radius 1 is 1.07 bits per heavy atom. The molecule has 1 aliphatic rings. The van der Waals surface area contributed by atoms with Crippen LogP contribution in [0.2, 0.25) is 0 Å². The second kappa shape index (κ2) is 10.7. The third-order valence-corrected chi connectivity index (χ3v) is 7.16. The first kappa shape index (κ1) is 22.5. The summed E-state index contributed by atoms with van der Waals surface area (Å²) in [5.41, 5.74) is 2.94. The molecule has 1 amide bonds. The number of benzene rings is 2. The molecule has 3 rings (SSSR count). The molecule has 30 heavy (non-hydrogen) atoms. The summed E-state index contributed by atoms with van der Waals surface area (Å²) in [5.74, 6) is -0.164. The normalized spacial score (nSPS) is 15.8. The maximum Gasteiger partial charge on any atom is 0.223 e. The van der Waals surface area contributed by atoms with Gasteiger partial charge in [-0.2, -0.15) is 0 Å². The minimum atomic E-state index is -3.37. The van der Waals surface area contributed by atoms with Crippen LogP contribution in [0.1, 0.15) is 29.5 Å². The van der Waals surface area contributed by atoms with Crippen LogP contribution in [0.5, 0.6) is 0 Å². The van der Waals surface area contributed by atoms with Crippen molar-refractivity contribution in [1.29, 1.82) is 0 Å². The Kier molecular flexibility index (Phi) is 8.01. The molecule has 1 N–H and O–H groups in total. The third kappa shape index (κ3) is 6.65. The molecule has 0 radical (unpaired) electrons. The van der Waals surface area contributed by atoms with Gasteiger partial charge in [-0.05, 0) is 30.9 Å². The van der Waals surface area contributed by atoms with Gasteiger partial charge in [0.05, 0.1) is 19.0 Å². The number of ether oxygens (including phenoxy) is 1. The van der Waals surface area contributed by atoms with Gasteiger partial charge in [0.2, 0.25) is 15.9 Å². The van der Waals surface area contributed by atoms with E-state index in [4.69, 9.17) is 4.74 Å². The van der Waals surface area contributed by atoms with E-state index >= 15 is 0 Å². The smallest absolute Gasteiger partial charge is 0.223 e. The van der Waals surface area contributed by atoms with Crippen LogP contribution in [-0.2, 0) is 31.9 Å². The molecule has 1 heterocycles. The lowest BCUT2D eigenvalue weighted by molar-refractivity contribution is -0.126. The zero-order valence-electron chi connectivity index (χ0n) is 17.4. The standard InChI is InChI=1S/C23H30N2O4S/c1-19-6-5-9-21(16-19)18-30(27,28)25-13-10-22(11-14-25)23(26)24-12-15-29-17-20-7-3-2-4-8-20/h2-9,16,22H,10-15,17-18H2,1H3,(H,24,26). The molecule has 0 saturated carbocycles. The van der Waals surface area contributed by atoms with Crippen LogP contribution < -0.4 is 5.32 Å². The number of carbonyl (C=O) groups is 1. The average molecular weight is 431 g/mol. The molecule has 2 aromatic carbocycles. The molecule has 0 spiro atoms. The Morgan fingerprint density at radius 2 is 1.77 bits per heavy atom. The van der Waals surface area contributed by atoms with Gasteiger partial charge in [0.1, 0.15) is 0 Å². The predicted octanol–water partition coefficient (Wildman–Crippen LogP) is 2.87. The largest absolute Gasteiger partial charge is 0.375 e. The fourth-order valence-corrected chi connectivity index (χ4v) is 5.21. The van der Waals surface area contributed by atoms with Crippen molar-refractivity contribution >= 4 is 15.9 Å². The first-order chi connectivity index (χ1) is 14.4. The van der Waals surface area contributed by atoms with Crippen molar-refractivity contribution in [2.45, 2.75) is 32.1 Å². The molecule has 1 aliphatic heterocycles. The molecule has 162 valence electrons. The Morgan fingerprint density at radius 3 is 2.47 bits per heavy atom. The average Bonchev–Trinajstić information content (AvgIpc) is 2.74. The molecule has 0 bridgehead atoms. The van der Waals surface area contributed by atoms with Crippen LogP contribution in [0.4, 0.5) is 0 Å². The minimum Gasteiger partial charge on any atom is -0.375 e. The minimum absolute atomic E-state index is 0.00426. The van der Waals surface area contributed by atoms with E-state index in [1.807, 2.05) is 61.5 Å². The second-order valence-corrected chi connectivity index (χ2v) is 9.72. The Bertz CT molecular complexity index is 923. The highest BCUT2D eigenvalue weighted by molar-refractivity contribution is 7.88. The molecule has 0 atom stereocenters. The highest BCUT2D eigenvalue weighted by atomic mass is 32.2. The topological polar surface area (TPSA) is 75.7 Å². The number of amides is 1. The molecule has 6 nitrogen and oxygen atoms in total. The number of hydrogen-bond donors (Lipinski definition) is 1. The van der Waals surface area contributed by atoms with Crippen molar-refractivity contribution in [3.8, 4) is 0 Å². The van der Waals surface area contributed by atoms with Gasteiger partial charge >= 0.3 is 0 Å². The van der Waals surface area contributed by atoms with Crippen LogP contribution in [0.15, 0.2) is 54.6 Å². The van der Waals surface area contributed by atoms with Gasteiger partial charge in [0.25, 0.3) is 0 Å². The van der Waals surface area contributed by atoms with Crippen LogP contribution in [0.25, 0.3) is 0 Å². The highest BCUT2D eigenvalue weighted by Gasteiger charge is 2.31. The SMILES string of the molecule is Cc1cccc(CS(=O)(=O)N2CCC(C(=O)NCCOCc3ccccc3)CC2)c1. The lowest BCUT2D eigenvalue weighted by Crippen LogP contribution is -2.43. The number of hydrogen-bond acceptors (Lipinski definition) is 4. The second-order valence-electron chi connectivity index (χ2n) is 7.75. The van der Waals surface area contributed by atoms with Gasteiger partial charge in [-0.15, -0.1) is 0 Å². The number of nitrogens with zero attached hydrogens (tertiary/aromatic N) is 1. The molecule has 7 heteroatoms. The highest BCUT2D eigenvalue weighted by Crippen LogP contribution is 2.22. The number of aryl methyl sites for hydroxylation is 1. The van der Waals surface area contributed by atoms with E-state index in [1.165, 1.54) is 4.31 Å². The monoisotopic (exact) mass is 430 g/mol. The van der Waals surface area contributed by atoms with Crippen LogP contribution in [-0.4, -0.2) is 44.9 Å². The summed E-state index contributed by atoms with van der Waals surface area (Å²) >= 11 is 0. The fraction of sp³-hybridized carbons (Fsp3) is 0.435. The molecule has 2 aromatic rings. The van der Waals surface area contributed by atoms with Crippen molar-refractivity contribution in [2.24, 2.45) is 5.92 Å². The molecule has 1 fully saturated rings. The maximum atomic E-state index is 12.7. The lowest BCUT2D eigenvalue weighted by Gasteiger charge is -2.30. The van der Waals surface area contributed by atoms with Gasteiger partial charge in [-0.3, -0.25) is 4.79 Å². The van der Waals surface area contributed by atoms with E-state index in [2.05, 4.69) is 5.32 Å². The summed E-state index contributed by atoms with van der Waals surface area (Å²) < 4.78 is 32.5. The van der Waals surface area contributed by atoms with Gasteiger partial charge < -0.3 is 10.1 Å². The number of carbonyl (C=O) groups excluding carboxylic acids is 1. The van der Waals surface area contributed by atoms with Crippen molar-refractivity contribution in [2.75, 3.05) is 26.2 Å². The van der Waals surface area contributed by atoms with Gasteiger partial charge in [0.15, 0.2) is 0 Å². The van der Waals surface area contributed by atoms with Crippen LogP contribution in [0.3, 0.4) is 0 Å². The van der Waals surface area contributed by atoms with Crippen LogP contribution >= 0.6 is 0 Å². The van der Waals surface area contributed by atoms with Crippen LogP contribution in [0, 0.1) is 12.8 Å². The molecule has 1 saturated heterocycles. The lowest BCUT2D eigenvalue weighted by atomic mass is 9.97. The summed E-state index contributed by atoms with van der Waals surface area (Å²) in [5, 5.41) is 2.91. The Hall–Kier alpha value is -2.22. The quantitative estimate of drug-likeness (QED) is 0.621. The van der Waals surface area contributed by atoms with Crippen molar-refractivity contribution in [3.05, 3.63) is 71.3 Å². The van der Waals surface area contributed by atoms with Crippen molar-refractivity contribution in [1.82, 2.24) is 9.62 Å². The summed E-state index contributed by atoms with van der Waals surface area (Å²) in [6.07, 6.45) is 1.09. The van der Waals surface area contributed by atoms with E-state index in [9.17, 15) is 13.2 Å². The molecule has 0 unspecified atom stereocenters. The Labute approximate surface area is 179 Å². The number of piperidine rings is 1. The van der Waals surface area contributed by atoms with E-state index in [1.54, 1.807) is 0 Å². The summed E-state index contributed by atoms with van der Waals surface area (Å²) in [6.45, 7) is 4.15. The number of sulfonamides is 1. The molecule has 0 aliphatic carbocycles.